The number of pyridine rings is 1. The highest BCUT2D eigenvalue weighted by molar-refractivity contribution is 5.97. The number of nitrogens with one attached hydrogen (secondary N) is 1. The number of hydrogen-bond donors (Lipinski definition) is 1. The van der Waals surface area contributed by atoms with Crippen LogP contribution in [0, 0.1) is 0 Å². The lowest BCUT2D eigenvalue weighted by atomic mass is 9.95. The summed E-state index contributed by atoms with van der Waals surface area (Å²) >= 11 is 0. The van der Waals surface area contributed by atoms with Gasteiger partial charge in [-0.3, -0.25) is 9.59 Å². The maximum absolute atomic E-state index is 13.7. The van der Waals surface area contributed by atoms with Gasteiger partial charge in [0.1, 0.15) is 5.56 Å². The van der Waals surface area contributed by atoms with E-state index in [-0.39, 0.29) is 12.1 Å². The van der Waals surface area contributed by atoms with Crippen molar-refractivity contribution < 1.29 is 27.5 Å². The number of carbonyl (C=O) groups excluding carboxylic acids is 2. The SMILES string of the molecule is COC(=O)[C@H](NC(=O)c1cc2c(n(Cc3ccc(C(F)(F)F)cc3)c1=O)CCCCCC2)c1ccccc1. The second-order valence-corrected chi connectivity index (χ2v) is 9.37. The molecule has 1 aliphatic rings. The molecule has 1 atom stereocenters. The Morgan fingerprint density at radius 1 is 0.974 bits per heavy atom. The first-order valence-corrected chi connectivity index (χ1v) is 12.5. The number of rotatable bonds is 6. The van der Waals surface area contributed by atoms with Crippen molar-refractivity contribution in [3.8, 4) is 0 Å². The first kappa shape index (κ1) is 27.2. The number of ether oxygens (including phenoxy) is 1. The van der Waals surface area contributed by atoms with Gasteiger partial charge in [0, 0.05) is 5.69 Å². The van der Waals surface area contributed by atoms with Crippen LogP contribution in [0.2, 0.25) is 0 Å². The van der Waals surface area contributed by atoms with Crippen molar-refractivity contribution in [3.63, 3.8) is 0 Å². The van der Waals surface area contributed by atoms with Crippen molar-refractivity contribution in [1.82, 2.24) is 9.88 Å². The third-order valence-electron chi connectivity index (χ3n) is 6.81. The van der Waals surface area contributed by atoms with E-state index >= 15 is 0 Å². The van der Waals surface area contributed by atoms with E-state index in [4.69, 9.17) is 4.74 Å². The zero-order valence-electron chi connectivity index (χ0n) is 21.0. The van der Waals surface area contributed by atoms with Crippen molar-refractivity contribution in [3.05, 3.63) is 105 Å². The van der Waals surface area contributed by atoms with Crippen LogP contribution in [0.25, 0.3) is 0 Å². The molecule has 1 N–H and O–H groups in total. The van der Waals surface area contributed by atoms with Crippen LogP contribution in [0.1, 0.15) is 70.0 Å². The minimum absolute atomic E-state index is 0.0273. The Kier molecular flexibility index (Phi) is 8.34. The highest BCUT2D eigenvalue weighted by Crippen LogP contribution is 2.29. The third-order valence-corrected chi connectivity index (χ3v) is 6.81. The Bertz CT molecular complexity index is 1350. The molecule has 0 saturated carbocycles. The van der Waals surface area contributed by atoms with E-state index < -0.39 is 35.2 Å². The van der Waals surface area contributed by atoms with Crippen LogP contribution in [-0.4, -0.2) is 23.6 Å². The maximum atomic E-state index is 13.7. The first-order valence-electron chi connectivity index (χ1n) is 12.5. The van der Waals surface area contributed by atoms with E-state index in [0.29, 0.717) is 24.0 Å². The van der Waals surface area contributed by atoms with Gasteiger partial charge in [-0.1, -0.05) is 55.3 Å². The number of aryl methyl sites for hydroxylation is 1. The van der Waals surface area contributed by atoms with Gasteiger partial charge in [-0.25, -0.2) is 4.79 Å². The third kappa shape index (κ3) is 6.15. The van der Waals surface area contributed by atoms with Gasteiger partial charge in [-0.05, 0) is 60.6 Å². The molecule has 0 radical (unpaired) electrons. The van der Waals surface area contributed by atoms with Crippen LogP contribution < -0.4 is 10.9 Å². The second kappa shape index (κ2) is 11.7. The summed E-state index contributed by atoms with van der Waals surface area (Å²) in [4.78, 5) is 39.6. The number of benzene rings is 2. The highest BCUT2D eigenvalue weighted by Gasteiger charge is 2.30. The van der Waals surface area contributed by atoms with Gasteiger partial charge in [0.05, 0.1) is 19.2 Å². The van der Waals surface area contributed by atoms with Gasteiger partial charge >= 0.3 is 12.1 Å². The fourth-order valence-electron chi connectivity index (χ4n) is 4.80. The van der Waals surface area contributed by atoms with Crippen molar-refractivity contribution in [1.29, 1.82) is 0 Å². The van der Waals surface area contributed by atoms with E-state index in [1.54, 1.807) is 36.4 Å². The molecule has 6 nitrogen and oxygen atoms in total. The Morgan fingerprint density at radius 3 is 2.26 bits per heavy atom. The van der Waals surface area contributed by atoms with Gasteiger partial charge in [0.15, 0.2) is 6.04 Å². The van der Waals surface area contributed by atoms with Crippen molar-refractivity contribution in [2.75, 3.05) is 7.11 Å². The standard InChI is InChI=1S/C29H29F3N2O4/c1-38-28(37)25(20-9-6-4-7-10-20)33-26(35)23-17-21-11-5-2-3-8-12-24(21)34(27(23)36)18-19-13-15-22(16-14-19)29(30,31)32/h4,6-7,9-10,13-17,25H,2-3,5,8,11-12,18H2,1H3,(H,33,35)/t25-/m1/s1. The molecule has 3 aromatic rings. The van der Waals surface area contributed by atoms with Crippen molar-refractivity contribution in [2.45, 2.75) is 57.3 Å². The summed E-state index contributed by atoms with van der Waals surface area (Å²) in [6.07, 6.45) is 0.623. The van der Waals surface area contributed by atoms with Gasteiger partial charge in [-0.2, -0.15) is 13.2 Å². The van der Waals surface area contributed by atoms with E-state index in [2.05, 4.69) is 5.32 Å². The van der Waals surface area contributed by atoms with E-state index in [1.165, 1.54) is 23.8 Å². The van der Waals surface area contributed by atoms with Crippen molar-refractivity contribution >= 4 is 11.9 Å². The van der Waals surface area contributed by atoms with Crippen LogP contribution in [0.15, 0.2) is 65.5 Å². The lowest BCUT2D eigenvalue weighted by Crippen LogP contribution is -2.39. The van der Waals surface area contributed by atoms with Crippen LogP contribution >= 0.6 is 0 Å². The smallest absolute Gasteiger partial charge is 0.416 e. The summed E-state index contributed by atoms with van der Waals surface area (Å²) < 4.78 is 45.5. The number of alkyl halides is 3. The monoisotopic (exact) mass is 526 g/mol. The average Bonchev–Trinajstić information content (AvgIpc) is 2.89. The molecule has 38 heavy (non-hydrogen) atoms. The second-order valence-electron chi connectivity index (χ2n) is 9.37. The molecule has 2 aromatic carbocycles. The Hall–Kier alpha value is -3.88. The summed E-state index contributed by atoms with van der Waals surface area (Å²) in [5, 5.41) is 2.64. The molecule has 0 unspecified atom stereocenters. The molecule has 0 fully saturated rings. The Labute approximate surface area is 218 Å². The van der Waals surface area contributed by atoms with Gasteiger partial charge in [-0.15, -0.1) is 0 Å². The average molecular weight is 527 g/mol. The molecule has 9 heteroatoms. The maximum Gasteiger partial charge on any atom is 0.416 e. The van der Waals surface area contributed by atoms with E-state index in [9.17, 15) is 27.6 Å². The molecule has 0 spiro atoms. The normalized spacial score (nSPS) is 14.5. The Morgan fingerprint density at radius 2 is 1.63 bits per heavy atom. The number of halogens is 3. The summed E-state index contributed by atoms with van der Waals surface area (Å²) in [5.74, 6) is -1.40. The predicted molar refractivity (Wildman–Crippen MR) is 136 cm³/mol. The quantitative estimate of drug-likeness (QED) is 0.447. The number of methoxy groups -OCH3 is 1. The van der Waals surface area contributed by atoms with Gasteiger partial charge in [0.25, 0.3) is 11.5 Å². The molecule has 4 rings (SSSR count). The molecule has 0 aliphatic heterocycles. The van der Waals surface area contributed by atoms with E-state index in [1.807, 2.05) is 0 Å². The number of hydrogen-bond acceptors (Lipinski definition) is 4. The lowest BCUT2D eigenvalue weighted by Gasteiger charge is -2.22. The zero-order valence-corrected chi connectivity index (χ0v) is 21.0. The fraction of sp³-hybridized carbons (Fsp3) is 0.345. The molecular weight excluding hydrogens is 497 g/mol. The molecule has 1 aliphatic carbocycles. The molecule has 1 heterocycles. The molecule has 1 aromatic heterocycles. The fourth-order valence-corrected chi connectivity index (χ4v) is 4.80. The largest absolute Gasteiger partial charge is 0.467 e. The molecule has 0 bridgehead atoms. The molecule has 1 amide bonds. The molecular formula is C29H29F3N2O4. The van der Waals surface area contributed by atoms with E-state index in [0.717, 1.165) is 49.1 Å². The van der Waals surface area contributed by atoms with Crippen LogP contribution in [0.3, 0.4) is 0 Å². The number of carbonyl (C=O) groups is 2. The van der Waals surface area contributed by atoms with Gasteiger partial charge in [0.2, 0.25) is 0 Å². The summed E-state index contributed by atoms with van der Waals surface area (Å²) in [6, 6.07) is 13.7. The summed E-state index contributed by atoms with van der Waals surface area (Å²) in [6.45, 7) is 0.0273. The van der Waals surface area contributed by atoms with Gasteiger partial charge < -0.3 is 14.6 Å². The van der Waals surface area contributed by atoms with Crippen molar-refractivity contribution in [2.24, 2.45) is 0 Å². The zero-order chi connectivity index (χ0) is 27.3. The molecule has 0 saturated heterocycles. The number of esters is 1. The van der Waals surface area contributed by atoms with Crippen LogP contribution in [0.5, 0.6) is 0 Å². The summed E-state index contributed by atoms with van der Waals surface area (Å²) in [5.41, 5.74) is 1.21. The van der Waals surface area contributed by atoms with Crippen LogP contribution in [-0.2, 0) is 35.1 Å². The number of amides is 1. The first-order chi connectivity index (χ1) is 18.2. The molecule has 200 valence electrons. The minimum Gasteiger partial charge on any atom is -0.467 e. The summed E-state index contributed by atoms with van der Waals surface area (Å²) in [7, 11) is 1.22. The Balaban J connectivity index is 1.74. The minimum atomic E-state index is -4.46. The number of fused-ring (bicyclic) bond motifs is 1. The number of nitrogens with zero attached hydrogens (tertiary/aromatic N) is 1. The topological polar surface area (TPSA) is 77.4 Å². The number of aromatic nitrogens is 1. The lowest BCUT2D eigenvalue weighted by molar-refractivity contribution is -0.143. The van der Waals surface area contributed by atoms with Crippen LogP contribution in [0.4, 0.5) is 13.2 Å². The highest BCUT2D eigenvalue weighted by atomic mass is 19.4. The predicted octanol–water partition coefficient (Wildman–Crippen LogP) is 5.22.